The van der Waals surface area contributed by atoms with E-state index in [0.29, 0.717) is 0 Å². The van der Waals surface area contributed by atoms with Gasteiger partial charge in [0.1, 0.15) is 0 Å². The second-order valence-corrected chi connectivity index (χ2v) is 7.09. The van der Waals surface area contributed by atoms with E-state index in [1.165, 1.54) is 27.1 Å². The molecule has 0 radical (unpaired) electrons. The Hall–Kier alpha value is -0.860. The minimum Gasteiger partial charge on any atom is -0.0711 e. The number of halogens is 2. The first-order valence-corrected chi connectivity index (χ1v) is 7.29. The fourth-order valence-corrected chi connectivity index (χ4v) is 3.27. The molecule has 0 bridgehead atoms. The predicted octanol–water partition coefficient (Wildman–Crippen LogP) is 5.78. The third-order valence-corrected chi connectivity index (χ3v) is 3.95. The van der Waals surface area contributed by atoms with Crippen LogP contribution in [0.2, 0.25) is 0 Å². The highest BCUT2D eigenvalue weighted by Gasteiger charge is 2.11. The maximum absolute atomic E-state index is 3.64. The SMILES string of the molecule is BrC(Br)c1c2ccccc2cc2ccccc12. The van der Waals surface area contributed by atoms with E-state index >= 15 is 0 Å². The van der Waals surface area contributed by atoms with Crippen molar-refractivity contribution in [2.75, 3.05) is 0 Å². The van der Waals surface area contributed by atoms with Crippen molar-refractivity contribution in [3.8, 4) is 0 Å². The molecular weight excluding hydrogens is 340 g/mol. The number of hydrogen-bond acceptors (Lipinski definition) is 0. The largest absolute Gasteiger partial charge is 0.0958 e. The molecule has 0 saturated heterocycles. The minimum atomic E-state index is 0.172. The highest BCUT2D eigenvalue weighted by atomic mass is 79.9. The van der Waals surface area contributed by atoms with E-state index in [2.05, 4.69) is 86.5 Å². The molecule has 2 heteroatoms. The van der Waals surface area contributed by atoms with Gasteiger partial charge < -0.3 is 0 Å². The van der Waals surface area contributed by atoms with Crippen LogP contribution in [0.4, 0.5) is 0 Å². The Labute approximate surface area is 117 Å². The summed E-state index contributed by atoms with van der Waals surface area (Å²) in [5.41, 5.74) is 1.30. The first-order valence-electron chi connectivity index (χ1n) is 5.46. The normalized spacial score (nSPS) is 11.5. The van der Waals surface area contributed by atoms with Crippen LogP contribution in [0, 0.1) is 0 Å². The van der Waals surface area contributed by atoms with Gasteiger partial charge in [-0.05, 0) is 33.2 Å². The summed E-state index contributed by atoms with van der Waals surface area (Å²) in [5.74, 6) is 0. The number of hydrogen-bond donors (Lipinski definition) is 0. The smallest absolute Gasteiger partial charge is 0.0711 e. The lowest BCUT2D eigenvalue weighted by Gasteiger charge is -2.12. The second kappa shape index (κ2) is 4.43. The van der Waals surface area contributed by atoms with Crippen LogP contribution in [0.5, 0.6) is 0 Å². The molecule has 0 nitrogen and oxygen atoms in total. The van der Waals surface area contributed by atoms with Gasteiger partial charge in [0, 0.05) is 0 Å². The van der Waals surface area contributed by atoms with Gasteiger partial charge in [-0.25, -0.2) is 0 Å². The Morgan fingerprint density at radius 1 is 0.706 bits per heavy atom. The van der Waals surface area contributed by atoms with Crippen LogP contribution in [0.25, 0.3) is 21.5 Å². The average Bonchev–Trinajstić information content (AvgIpc) is 2.35. The average molecular weight is 350 g/mol. The molecule has 0 fully saturated rings. The Bertz CT molecular complexity index is 633. The highest BCUT2D eigenvalue weighted by Crippen LogP contribution is 2.39. The third kappa shape index (κ3) is 1.90. The lowest BCUT2D eigenvalue weighted by atomic mass is 9.98. The third-order valence-electron chi connectivity index (χ3n) is 3.03. The summed E-state index contributed by atoms with van der Waals surface area (Å²) in [5, 5.41) is 5.16. The number of benzene rings is 3. The van der Waals surface area contributed by atoms with E-state index in [1.807, 2.05) is 0 Å². The zero-order chi connectivity index (χ0) is 11.8. The van der Waals surface area contributed by atoms with Gasteiger partial charge in [-0.1, -0.05) is 80.4 Å². The molecule has 3 aromatic carbocycles. The molecule has 0 unspecified atom stereocenters. The van der Waals surface area contributed by atoms with Crippen molar-refractivity contribution in [2.24, 2.45) is 0 Å². The van der Waals surface area contributed by atoms with Gasteiger partial charge in [-0.15, -0.1) is 0 Å². The Balaban J connectivity index is 2.56. The minimum absolute atomic E-state index is 0.172. The highest BCUT2D eigenvalue weighted by molar-refractivity contribution is 9.24. The van der Waals surface area contributed by atoms with Crippen LogP contribution in [0.3, 0.4) is 0 Å². The van der Waals surface area contributed by atoms with Gasteiger partial charge in [-0.3, -0.25) is 0 Å². The van der Waals surface area contributed by atoms with Crippen molar-refractivity contribution < 1.29 is 0 Å². The summed E-state index contributed by atoms with van der Waals surface area (Å²) in [6.45, 7) is 0. The van der Waals surface area contributed by atoms with E-state index in [4.69, 9.17) is 0 Å². The van der Waals surface area contributed by atoms with Crippen LogP contribution in [-0.2, 0) is 0 Å². The lowest BCUT2D eigenvalue weighted by Crippen LogP contribution is -1.87. The van der Waals surface area contributed by atoms with Crippen molar-refractivity contribution in [1.29, 1.82) is 0 Å². The molecule has 17 heavy (non-hydrogen) atoms. The van der Waals surface area contributed by atoms with Crippen molar-refractivity contribution in [3.05, 3.63) is 60.2 Å². The zero-order valence-electron chi connectivity index (χ0n) is 9.03. The first-order chi connectivity index (χ1) is 8.27. The predicted molar refractivity (Wildman–Crippen MR) is 82.0 cm³/mol. The number of fused-ring (bicyclic) bond motifs is 2. The van der Waals surface area contributed by atoms with Gasteiger partial charge in [0.2, 0.25) is 0 Å². The summed E-state index contributed by atoms with van der Waals surface area (Å²) in [6, 6.07) is 19.2. The van der Waals surface area contributed by atoms with Gasteiger partial charge in [0.05, 0.1) is 3.74 Å². The van der Waals surface area contributed by atoms with Gasteiger partial charge in [0.15, 0.2) is 0 Å². The topological polar surface area (TPSA) is 0 Å². The molecule has 0 N–H and O–H groups in total. The molecule has 0 atom stereocenters. The van der Waals surface area contributed by atoms with Crippen molar-refractivity contribution in [2.45, 2.75) is 3.74 Å². The molecular formula is C15H10Br2. The number of alkyl halides is 2. The quantitative estimate of drug-likeness (QED) is 0.385. The van der Waals surface area contributed by atoms with E-state index in [9.17, 15) is 0 Å². The van der Waals surface area contributed by atoms with Crippen molar-refractivity contribution in [3.63, 3.8) is 0 Å². The van der Waals surface area contributed by atoms with E-state index in [-0.39, 0.29) is 3.74 Å². The molecule has 0 spiro atoms. The molecule has 0 aliphatic rings. The van der Waals surface area contributed by atoms with Gasteiger partial charge >= 0.3 is 0 Å². The zero-order valence-corrected chi connectivity index (χ0v) is 12.2. The van der Waals surface area contributed by atoms with E-state index in [0.717, 1.165) is 0 Å². The molecule has 0 heterocycles. The van der Waals surface area contributed by atoms with Crippen molar-refractivity contribution in [1.82, 2.24) is 0 Å². The first kappa shape index (κ1) is 11.2. The molecule has 0 aromatic heterocycles. The molecule has 0 amide bonds. The molecule has 84 valence electrons. The Morgan fingerprint density at radius 3 is 1.65 bits per heavy atom. The fourth-order valence-electron chi connectivity index (χ4n) is 2.28. The second-order valence-electron chi connectivity index (χ2n) is 4.03. The lowest BCUT2D eigenvalue weighted by molar-refractivity contribution is 1.52. The molecule has 0 saturated carbocycles. The molecule has 0 aliphatic carbocycles. The summed E-state index contributed by atoms with van der Waals surface area (Å²) in [4.78, 5) is 0. The molecule has 0 aliphatic heterocycles. The van der Waals surface area contributed by atoms with Crippen molar-refractivity contribution >= 4 is 53.4 Å². The van der Waals surface area contributed by atoms with Crippen LogP contribution >= 0.6 is 31.9 Å². The maximum atomic E-state index is 3.64. The summed E-state index contributed by atoms with van der Waals surface area (Å²) in [7, 11) is 0. The Kier molecular flexibility index (Phi) is 2.93. The Morgan fingerprint density at radius 2 is 1.18 bits per heavy atom. The number of rotatable bonds is 1. The molecule has 3 rings (SSSR count). The standard InChI is InChI=1S/C15H10Br2/c16-15(17)14-12-7-3-1-5-10(12)9-11-6-2-4-8-13(11)14/h1-9,15H. The fraction of sp³-hybridized carbons (Fsp3) is 0.0667. The van der Waals surface area contributed by atoms with Crippen LogP contribution in [-0.4, -0.2) is 0 Å². The maximum Gasteiger partial charge on any atom is 0.0958 e. The summed E-state index contributed by atoms with van der Waals surface area (Å²) in [6.07, 6.45) is 0. The van der Waals surface area contributed by atoms with E-state index < -0.39 is 0 Å². The van der Waals surface area contributed by atoms with Crippen LogP contribution in [0.1, 0.15) is 9.30 Å². The monoisotopic (exact) mass is 348 g/mol. The van der Waals surface area contributed by atoms with Gasteiger partial charge in [-0.2, -0.15) is 0 Å². The van der Waals surface area contributed by atoms with Crippen LogP contribution < -0.4 is 0 Å². The molecule has 3 aromatic rings. The summed E-state index contributed by atoms with van der Waals surface area (Å²) < 4.78 is 0.172. The van der Waals surface area contributed by atoms with Gasteiger partial charge in [0.25, 0.3) is 0 Å². The van der Waals surface area contributed by atoms with Crippen LogP contribution in [0.15, 0.2) is 54.6 Å². The van der Waals surface area contributed by atoms with E-state index in [1.54, 1.807) is 0 Å². The summed E-state index contributed by atoms with van der Waals surface area (Å²) >= 11 is 7.28.